The van der Waals surface area contributed by atoms with E-state index in [1.165, 1.54) is 5.56 Å². The van der Waals surface area contributed by atoms with E-state index in [-0.39, 0.29) is 5.92 Å². The van der Waals surface area contributed by atoms with Gasteiger partial charge in [0.1, 0.15) is 4.90 Å². The zero-order valence-corrected chi connectivity index (χ0v) is 18.7. The number of aromatic nitrogens is 3. The number of piperidine rings is 1. The normalized spacial score (nSPS) is 17.9. The number of rotatable bonds is 5. The van der Waals surface area contributed by atoms with Crippen LogP contribution >= 0.6 is 11.6 Å². The summed E-state index contributed by atoms with van der Waals surface area (Å²) < 4.78 is 27.9. The van der Waals surface area contributed by atoms with Gasteiger partial charge in [-0.2, -0.15) is 9.40 Å². The number of benzene rings is 1. The summed E-state index contributed by atoms with van der Waals surface area (Å²) in [6.45, 7) is 4.43. The molecule has 0 bridgehead atoms. The number of hydrogen-bond acceptors (Lipinski definition) is 4. The fourth-order valence-corrected chi connectivity index (χ4v) is 6.05. The van der Waals surface area contributed by atoms with Crippen molar-refractivity contribution in [2.75, 3.05) is 13.1 Å². The van der Waals surface area contributed by atoms with Gasteiger partial charge in [-0.15, -0.1) is 0 Å². The number of nitrogens with one attached hydrogen (secondary N) is 1. The zero-order chi connectivity index (χ0) is 21.3. The van der Waals surface area contributed by atoms with E-state index >= 15 is 0 Å². The number of aromatic amines is 1. The van der Waals surface area contributed by atoms with Crippen molar-refractivity contribution in [3.8, 4) is 0 Å². The molecule has 1 aromatic carbocycles. The SMILES string of the molecule is Cc1n[nH]c(C)c1S(=O)(=O)N1CCC[C@@H](c2ccc(Cc3ccc(Cl)cc3)cn2)C1. The van der Waals surface area contributed by atoms with Gasteiger partial charge in [-0.25, -0.2) is 8.42 Å². The van der Waals surface area contributed by atoms with Gasteiger partial charge >= 0.3 is 0 Å². The Morgan fingerprint density at radius 1 is 1.13 bits per heavy atom. The molecule has 6 nitrogen and oxygen atoms in total. The van der Waals surface area contributed by atoms with E-state index in [4.69, 9.17) is 11.6 Å². The van der Waals surface area contributed by atoms with Gasteiger partial charge in [-0.3, -0.25) is 10.1 Å². The number of halogens is 1. The van der Waals surface area contributed by atoms with Crippen LogP contribution in [0.15, 0.2) is 47.5 Å². The van der Waals surface area contributed by atoms with E-state index in [0.29, 0.717) is 29.4 Å². The molecule has 1 saturated heterocycles. The first kappa shape index (κ1) is 21.0. The van der Waals surface area contributed by atoms with Crippen molar-refractivity contribution in [1.82, 2.24) is 19.5 Å². The quantitative estimate of drug-likeness (QED) is 0.638. The van der Waals surface area contributed by atoms with Gasteiger partial charge < -0.3 is 0 Å². The molecular weight excluding hydrogens is 420 g/mol. The van der Waals surface area contributed by atoms with Crippen molar-refractivity contribution in [3.63, 3.8) is 0 Å². The Morgan fingerprint density at radius 3 is 2.50 bits per heavy atom. The third-order valence-corrected chi connectivity index (χ3v) is 8.01. The van der Waals surface area contributed by atoms with Crippen LogP contribution in [0.4, 0.5) is 0 Å². The van der Waals surface area contributed by atoms with Crippen LogP contribution in [0.5, 0.6) is 0 Å². The minimum absolute atomic E-state index is 0.0885. The second-order valence-corrected chi connectivity index (χ2v) is 10.2. The summed E-state index contributed by atoms with van der Waals surface area (Å²) in [5, 5.41) is 7.56. The van der Waals surface area contributed by atoms with Crippen LogP contribution in [0.2, 0.25) is 5.02 Å². The number of H-pyrrole nitrogens is 1. The van der Waals surface area contributed by atoms with Crippen LogP contribution in [0.3, 0.4) is 0 Å². The second-order valence-electron chi connectivity index (χ2n) is 7.86. The van der Waals surface area contributed by atoms with Crippen LogP contribution in [0.25, 0.3) is 0 Å². The lowest BCUT2D eigenvalue weighted by Gasteiger charge is -2.31. The predicted molar refractivity (Wildman–Crippen MR) is 117 cm³/mol. The monoisotopic (exact) mass is 444 g/mol. The lowest BCUT2D eigenvalue weighted by molar-refractivity contribution is 0.312. The predicted octanol–water partition coefficient (Wildman–Crippen LogP) is 4.23. The van der Waals surface area contributed by atoms with E-state index in [9.17, 15) is 8.42 Å². The molecule has 0 saturated carbocycles. The lowest BCUT2D eigenvalue weighted by Crippen LogP contribution is -2.39. The lowest BCUT2D eigenvalue weighted by atomic mass is 9.95. The molecule has 0 amide bonds. The molecule has 0 spiro atoms. The Hall–Kier alpha value is -2.22. The highest BCUT2D eigenvalue weighted by molar-refractivity contribution is 7.89. The van der Waals surface area contributed by atoms with Crippen LogP contribution < -0.4 is 0 Å². The Bertz CT molecular complexity index is 1110. The minimum atomic E-state index is -3.57. The third kappa shape index (κ3) is 4.29. The average Bonchev–Trinajstić information content (AvgIpc) is 3.09. The summed E-state index contributed by atoms with van der Waals surface area (Å²) in [4.78, 5) is 4.96. The number of hydrogen-bond donors (Lipinski definition) is 1. The van der Waals surface area contributed by atoms with E-state index in [0.717, 1.165) is 35.5 Å². The standard InChI is InChI=1S/C22H25ClN4O2S/c1-15-22(16(2)26-25-15)30(28,29)27-11-3-4-19(14-27)21-10-7-18(13-24-21)12-17-5-8-20(23)9-6-17/h5-10,13,19H,3-4,11-12,14H2,1-2H3,(H,25,26)/t19-/m1/s1. The van der Waals surface area contributed by atoms with Crippen LogP contribution in [0.1, 0.15) is 47.0 Å². The Labute approximate surface area is 182 Å². The van der Waals surface area contributed by atoms with Gasteiger partial charge in [-0.1, -0.05) is 29.8 Å². The summed E-state index contributed by atoms with van der Waals surface area (Å²) in [5.74, 6) is 0.0885. The summed E-state index contributed by atoms with van der Waals surface area (Å²) in [6, 6.07) is 11.9. The molecule has 0 radical (unpaired) electrons. The van der Waals surface area contributed by atoms with Gasteiger partial charge in [-0.05, 0) is 62.4 Å². The fourth-order valence-electron chi connectivity index (χ4n) is 4.07. The molecule has 1 fully saturated rings. The summed E-state index contributed by atoms with van der Waals surface area (Å²) >= 11 is 5.95. The minimum Gasteiger partial charge on any atom is -0.281 e. The van der Waals surface area contributed by atoms with Crippen molar-refractivity contribution in [2.45, 2.75) is 43.9 Å². The topological polar surface area (TPSA) is 79.0 Å². The van der Waals surface area contributed by atoms with Crippen molar-refractivity contribution < 1.29 is 8.42 Å². The van der Waals surface area contributed by atoms with E-state index < -0.39 is 10.0 Å². The Morgan fingerprint density at radius 2 is 1.87 bits per heavy atom. The molecule has 2 aromatic heterocycles. The molecule has 30 heavy (non-hydrogen) atoms. The summed E-state index contributed by atoms with van der Waals surface area (Å²) in [7, 11) is -3.57. The van der Waals surface area contributed by atoms with E-state index in [2.05, 4.69) is 21.2 Å². The van der Waals surface area contributed by atoms with Gasteiger partial charge in [0.05, 0.1) is 11.4 Å². The van der Waals surface area contributed by atoms with Crippen LogP contribution in [-0.4, -0.2) is 41.0 Å². The van der Waals surface area contributed by atoms with Crippen molar-refractivity contribution >= 4 is 21.6 Å². The van der Waals surface area contributed by atoms with Crippen LogP contribution in [0, 0.1) is 13.8 Å². The highest BCUT2D eigenvalue weighted by atomic mass is 35.5. The van der Waals surface area contributed by atoms with Crippen LogP contribution in [-0.2, 0) is 16.4 Å². The first-order chi connectivity index (χ1) is 14.3. The molecule has 0 unspecified atom stereocenters. The average molecular weight is 445 g/mol. The Balaban J connectivity index is 1.49. The van der Waals surface area contributed by atoms with Crippen molar-refractivity contribution in [1.29, 1.82) is 0 Å². The molecular formula is C22H25ClN4O2S. The Kier molecular flexibility index (Phi) is 5.95. The number of pyridine rings is 1. The largest absolute Gasteiger partial charge is 0.281 e. The van der Waals surface area contributed by atoms with E-state index in [1.54, 1.807) is 18.2 Å². The van der Waals surface area contributed by atoms with Gasteiger partial charge in [0.2, 0.25) is 10.0 Å². The molecule has 1 N–H and O–H groups in total. The first-order valence-electron chi connectivity index (χ1n) is 10.1. The highest BCUT2D eigenvalue weighted by Gasteiger charge is 2.34. The summed E-state index contributed by atoms with van der Waals surface area (Å²) in [5.41, 5.74) is 4.33. The molecule has 3 aromatic rings. The van der Waals surface area contributed by atoms with Gasteiger partial charge in [0.15, 0.2) is 0 Å². The van der Waals surface area contributed by atoms with Gasteiger partial charge in [0.25, 0.3) is 0 Å². The molecule has 8 heteroatoms. The molecule has 3 heterocycles. The maximum absolute atomic E-state index is 13.2. The molecule has 0 aliphatic carbocycles. The smallest absolute Gasteiger partial charge is 0.246 e. The molecule has 1 aliphatic heterocycles. The third-order valence-electron chi connectivity index (χ3n) is 5.63. The number of sulfonamides is 1. The number of aryl methyl sites for hydroxylation is 2. The maximum atomic E-state index is 13.2. The van der Waals surface area contributed by atoms with E-state index in [1.807, 2.05) is 36.5 Å². The molecule has 1 aliphatic rings. The second kappa shape index (κ2) is 8.49. The van der Waals surface area contributed by atoms with Crippen molar-refractivity contribution in [2.24, 2.45) is 0 Å². The fraction of sp³-hybridized carbons (Fsp3) is 0.364. The first-order valence-corrected chi connectivity index (χ1v) is 11.9. The number of nitrogens with zero attached hydrogens (tertiary/aromatic N) is 3. The highest BCUT2D eigenvalue weighted by Crippen LogP contribution is 2.31. The zero-order valence-electron chi connectivity index (χ0n) is 17.1. The van der Waals surface area contributed by atoms with Crippen molar-refractivity contribution in [3.05, 3.63) is 75.8 Å². The van der Waals surface area contributed by atoms with Gasteiger partial charge in [0, 0.05) is 35.9 Å². The molecule has 4 rings (SSSR count). The molecule has 158 valence electrons. The maximum Gasteiger partial charge on any atom is 0.246 e. The summed E-state index contributed by atoms with van der Waals surface area (Å²) in [6.07, 6.45) is 4.42. The molecule has 1 atom stereocenters.